The second-order valence-electron chi connectivity index (χ2n) is 2.95. The highest BCUT2D eigenvalue weighted by atomic mass is 16.5. The van der Waals surface area contributed by atoms with E-state index < -0.39 is 0 Å². The molecule has 3 N–H and O–H groups in total. The van der Waals surface area contributed by atoms with Crippen molar-refractivity contribution in [2.75, 3.05) is 13.8 Å². The first-order valence-corrected chi connectivity index (χ1v) is 4.32. The van der Waals surface area contributed by atoms with Crippen molar-refractivity contribution in [2.45, 2.75) is 13.5 Å². The van der Waals surface area contributed by atoms with Crippen LogP contribution in [0.1, 0.15) is 11.1 Å². The van der Waals surface area contributed by atoms with Gasteiger partial charge in [0.15, 0.2) is 0 Å². The highest BCUT2D eigenvalue weighted by Gasteiger charge is 2.01. The van der Waals surface area contributed by atoms with Gasteiger partial charge in [-0.25, -0.2) is 0 Å². The number of nitrogens with two attached hydrogens (primary N) is 1. The van der Waals surface area contributed by atoms with E-state index in [2.05, 4.69) is 18.3 Å². The fraction of sp³-hybridized carbons (Fsp3) is 0.400. The molecule has 3 nitrogen and oxygen atoms in total. The second-order valence-corrected chi connectivity index (χ2v) is 2.95. The van der Waals surface area contributed by atoms with Crippen molar-refractivity contribution in [3.63, 3.8) is 0 Å². The van der Waals surface area contributed by atoms with Crippen LogP contribution in [0.25, 0.3) is 0 Å². The maximum Gasteiger partial charge on any atom is 0.123 e. The molecule has 0 amide bonds. The van der Waals surface area contributed by atoms with Crippen molar-refractivity contribution < 1.29 is 4.74 Å². The summed E-state index contributed by atoms with van der Waals surface area (Å²) in [5, 5.41) is 3.06. The normalized spacial score (nSPS) is 10.1. The Balaban J connectivity index is 2.81. The monoisotopic (exact) mass is 180 g/mol. The van der Waals surface area contributed by atoms with Crippen LogP contribution < -0.4 is 15.8 Å². The predicted octanol–water partition coefficient (Wildman–Crippen LogP) is 1.01. The fourth-order valence-electron chi connectivity index (χ4n) is 1.25. The topological polar surface area (TPSA) is 47.3 Å². The highest BCUT2D eigenvalue weighted by molar-refractivity contribution is 5.36. The van der Waals surface area contributed by atoms with E-state index in [9.17, 15) is 0 Å². The number of nitrogens with one attached hydrogen (secondary N) is 1. The van der Waals surface area contributed by atoms with E-state index in [4.69, 9.17) is 10.5 Å². The first kappa shape index (κ1) is 10.0. The van der Waals surface area contributed by atoms with Crippen molar-refractivity contribution in [3.8, 4) is 5.75 Å². The summed E-state index contributed by atoms with van der Waals surface area (Å²) in [4.78, 5) is 0. The molecule has 0 spiro atoms. The van der Waals surface area contributed by atoms with E-state index in [1.807, 2.05) is 12.1 Å². The Bertz CT molecular complexity index is 274. The van der Waals surface area contributed by atoms with Gasteiger partial charge in [0.05, 0.1) is 7.11 Å². The molecule has 1 aromatic carbocycles. The van der Waals surface area contributed by atoms with Gasteiger partial charge in [-0.1, -0.05) is 17.7 Å². The van der Waals surface area contributed by atoms with E-state index in [0.29, 0.717) is 6.67 Å². The smallest absolute Gasteiger partial charge is 0.123 e. The zero-order valence-electron chi connectivity index (χ0n) is 8.13. The van der Waals surface area contributed by atoms with Gasteiger partial charge in [0, 0.05) is 18.8 Å². The summed E-state index contributed by atoms with van der Waals surface area (Å²) >= 11 is 0. The largest absolute Gasteiger partial charge is 0.496 e. The molecule has 0 radical (unpaired) electrons. The van der Waals surface area contributed by atoms with Gasteiger partial charge in [-0.2, -0.15) is 0 Å². The highest BCUT2D eigenvalue weighted by Crippen LogP contribution is 2.18. The summed E-state index contributed by atoms with van der Waals surface area (Å²) in [6.45, 7) is 3.30. The third-order valence-corrected chi connectivity index (χ3v) is 1.90. The van der Waals surface area contributed by atoms with Crippen LogP contribution >= 0.6 is 0 Å². The summed E-state index contributed by atoms with van der Waals surface area (Å²) in [5.41, 5.74) is 7.73. The van der Waals surface area contributed by atoms with Gasteiger partial charge in [-0.05, 0) is 13.0 Å². The molecule has 72 valence electrons. The summed E-state index contributed by atoms with van der Waals surface area (Å²) in [6.07, 6.45) is 0. The molecule has 0 aliphatic heterocycles. The molecule has 13 heavy (non-hydrogen) atoms. The number of rotatable bonds is 4. The zero-order chi connectivity index (χ0) is 9.68. The molecule has 0 aliphatic rings. The van der Waals surface area contributed by atoms with Crippen LogP contribution in [-0.4, -0.2) is 13.8 Å². The standard InChI is InChI=1S/C10H16N2O/c1-8-3-4-10(13-2)9(5-8)6-12-7-11/h3-5,12H,6-7,11H2,1-2H3. The van der Waals surface area contributed by atoms with Crippen LogP contribution in [0.2, 0.25) is 0 Å². The van der Waals surface area contributed by atoms with E-state index in [0.717, 1.165) is 17.9 Å². The minimum Gasteiger partial charge on any atom is -0.496 e. The van der Waals surface area contributed by atoms with Crippen LogP contribution in [0.3, 0.4) is 0 Å². The first-order chi connectivity index (χ1) is 6.27. The number of hydrogen-bond donors (Lipinski definition) is 2. The lowest BCUT2D eigenvalue weighted by Gasteiger charge is -2.09. The number of benzene rings is 1. The third kappa shape index (κ3) is 2.72. The molecule has 3 heteroatoms. The maximum atomic E-state index is 5.35. The van der Waals surface area contributed by atoms with Gasteiger partial charge < -0.3 is 15.8 Å². The van der Waals surface area contributed by atoms with Crippen LogP contribution in [0, 0.1) is 6.92 Å². The predicted molar refractivity (Wildman–Crippen MR) is 53.6 cm³/mol. The second kappa shape index (κ2) is 4.84. The Morgan fingerprint density at radius 3 is 2.85 bits per heavy atom. The fourth-order valence-corrected chi connectivity index (χ4v) is 1.25. The van der Waals surface area contributed by atoms with Crippen LogP contribution in [0.15, 0.2) is 18.2 Å². The molecule has 0 atom stereocenters. The SMILES string of the molecule is COc1ccc(C)cc1CNCN. The van der Waals surface area contributed by atoms with Gasteiger partial charge in [0.25, 0.3) is 0 Å². The molecule has 0 saturated heterocycles. The third-order valence-electron chi connectivity index (χ3n) is 1.90. The Labute approximate surface area is 78.9 Å². The quantitative estimate of drug-likeness (QED) is 0.680. The lowest BCUT2D eigenvalue weighted by atomic mass is 10.1. The van der Waals surface area contributed by atoms with E-state index >= 15 is 0 Å². The Morgan fingerprint density at radius 2 is 2.23 bits per heavy atom. The van der Waals surface area contributed by atoms with Gasteiger partial charge in [0.1, 0.15) is 5.75 Å². The van der Waals surface area contributed by atoms with Crippen LogP contribution in [-0.2, 0) is 6.54 Å². The average molecular weight is 180 g/mol. The van der Waals surface area contributed by atoms with Crippen LogP contribution in [0.4, 0.5) is 0 Å². The maximum absolute atomic E-state index is 5.35. The van der Waals surface area contributed by atoms with Crippen molar-refractivity contribution in [3.05, 3.63) is 29.3 Å². The van der Waals surface area contributed by atoms with Crippen molar-refractivity contribution >= 4 is 0 Å². The van der Waals surface area contributed by atoms with Gasteiger partial charge in [-0.15, -0.1) is 0 Å². The van der Waals surface area contributed by atoms with E-state index in [1.54, 1.807) is 7.11 Å². The number of hydrogen-bond acceptors (Lipinski definition) is 3. The molecule has 0 bridgehead atoms. The molecule has 1 aromatic rings. The van der Waals surface area contributed by atoms with Crippen molar-refractivity contribution in [2.24, 2.45) is 5.73 Å². The molecule has 0 unspecified atom stereocenters. The Morgan fingerprint density at radius 1 is 1.46 bits per heavy atom. The summed E-state index contributed by atoms with van der Waals surface area (Å²) in [5.74, 6) is 0.909. The number of methoxy groups -OCH3 is 1. The molecular formula is C10H16N2O. The van der Waals surface area contributed by atoms with Crippen molar-refractivity contribution in [1.82, 2.24) is 5.32 Å². The first-order valence-electron chi connectivity index (χ1n) is 4.32. The molecule has 0 aromatic heterocycles. The molecule has 0 fully saturated rings. The molecule has 0 aliphatic carbocycles. The van der Waals surface area contributed by atoms with Gasteiger partial charge >= 0.3 is 0 Å². The summed E-state index contributed by atoms with van der Waals surface area (Å²) < 4.78 is 5.22. The lowest BCUT2D eigenvalue weighted by molar-refractivity contribution is 0.408. The minimum atomic E-state index is 0.483. The van der Waals surface area contributed by atoms with E-state index in [-0.39, 0.29) is 0 Å². The van der Waals surface area contributed by atoms with Gasteiger partial charge in [-0.3, -0.25) is 0 Å². The number of ether oxygens (including phenoxy) is 1. The Kier molecular flexibility index (Phi) is 3.73. The molecule has 0 saturated carbocycles. The van der Waals surface area contributed by atoms with Crippen molar-refractivity contribution in [1.29, 1.82) is 0 Å². The number of aryl methyl sites for hydroxylation is 1. The van der Waals surface area contributed by atoms with Crippen LogP contribution in [0.5, 0.6) is 5.75 Å². The zero-order valence-corrected chi connectivity index (χ0v) is 8.13. The van der Waals surface area contributed by atoms with Gasteiger partial charge in [0.2, 0.25) is 0 Å². The van der Waals surface area contributed by atoms with E-state index in [1.165, 1.54) is 5.56 Å². The molecule has 1 rings (SSSR count). The summed E-state index contributed by atoms with van der Waals surface area (Å²) in [6, 6.07) is 6.11. The average Bonchev–Trinajstić information content (AvgIpc) is 2.15. The summed E-state index contributed by atoms with van der Waals surface area (Å²) in [7, 11) is 1.68. The Hall–Kier alpha value is -1.06. The minimum absolute atomic E-state index is 0.483. The molecule has 0 heterocycles. The lowest BCUT2D eigenvalue weighted by Crippen LogP contribution is -2.21. The molecular weight excluding hydrogens is 164 g/mol.